The van der Waals surface area contributed by atoms with Crippen molar-refractivity contribution in [2.24, 2.45) is 0 Å². The maximum atomic E-state index is 12.6. The van der Waals surface area contributed by atoms with Crippen LogP contribution in [0.5, 0.6) is 0 Å². The topological polar surface area (TPSA) is 81.4 Å². The number of esters is 1. The zero-order valence-corrected chi connectivity index (χ0v) is 16.8. The number of thiophene rings is 1. The lowest BCUT2D eigenvalue weighted by molar-refractivity contribution is -0.146. The monoisotopic (exact) mass is 438 g/mol. The van der Waals surface area contributed by atoms with Gasteiger partial charge in [-0.3, -0.25) is 9.59 Å². The highest BCUT2D eigenvalue weighted by molar-refractivity contribution is 7.99. The Morgan fingerprint density at radius 2 is 2.07 bits per heavy atom. The van der Waals surface area contributed by atoms with Crippen molar-refractivity contribution in [2.45, 2.75) is 24.0 Å². The summed E-state index contributed by atoms with van der Waals surface area (Å²) in [6.07, 6.45) is -0.147. The van der Waals surface area contributed by atoms with Crippen LogP contribution < -0.4 is 5.32 Å². The molecule has 0 unspecified atom stereocenters. The molecular weight excluding hydrogens is 422 g/mol. The lowest BCUT2D eigenvalue weighted by Gasteiger charge is -2.10. The number of ether oxygens (including phenoxy) is 1. The highest BCUT2D eigenvalue weighted by Crippen LogP contribution is 2.31. The largest absolute Gasteiger partial charge is 0.455 e. The molecule has 1 amide bonds. The van der Waals surface area contributed by atoms with Gasteiger partial charge in [0.05, 0.1) is 22.7 Å². The third kappa shape index (κ3) is 5.88. The highest BCUT2D eigenvalue weighted by atomic mass is 32.2. The SMILES string of the molecule is Cc1oc(-c2cccs2)nc1CC(=O)OCC(=O)Nc1ccccc1SC(F)F. The molecule has 0 aliphatic carbocycles. The van der Waals surface area contributed by atoms with E-state index < -0.39 is 24.2 Å². The van der Waals surface area contributed by atoms with Gasteiger partial charge in [-0.15, -0.1) is 11.3 Å². The van der Waals surface area contributed by atoms with E-state index in [-0.39, 0.29) is 17.0 Å². The molecule has 0 radical (unpaired) electrons. The van der Waals surface area contributed by atoms with Crippen LogP contribution in [0.3, 0.4) is 0 Å². The number of rotatable bonds is 8. The molecule has 0 saturated heterocycles. The number of aromatic nitrogens is 1. The average Bonchev–Trinajstić information content (AvgIpc) is 3.32. The summed E-state index contributed by atoms with van der Waals surface area (Å²) in [5.74, 6) is -2.98. The molecule has 6 nitrogen and oxygen atoms in total. The van der Waals surface area contributed by atoms with Gasteiger partial charge in [-0.25, -0.2) is 4.98 Å². The standard InChI is InChI=1S/C19H16F2N2O4S2/c1-11-13(23-18(27-11)15-7-4-8-28-15)9-17(25)26-10-16(24)22-12-5-2-3-6-14(12)29-19(20)21/h2-8,19H,9-10H2,1H3,(H,22,24). The first kappa shape index (κ1) is 21.0. The van der Waals surface area contributed by atoms with Gasteiger partial charge in [0.1, 0.15) is 5.76 Å². The van der Waals surface area contributed by atoms with E-state index in [0.29, 0.717) is 29.1 Å². The molecule has 0 bridgehead atoms. The second kappa shape index (κ2) is 9.66. The average molecular weight is 438 g/mol. The van der Waals surface area contributed by atoms with E-state index in [1.54, 1.807) is 19.1 Å². The molecule has 0 aliphatic rings. The molecular formula is C19H16F2N2O4S2. The molecule has 2 heterocycles. The smallest absolute Gasteiger partial charge is 0.312 e. The number of para-hydroxylation sites is 1. The number of thioether (sulfide) groups is 1. The molecule has 0 fully saturated rings. The Morgan fingerprint density at radius 3 is 2.79 bits per heavy atom. The van der Waals surface area contributed by atoms with Gasteiger partial charge >= 0.3 is 5.97 Å². The van der Waals surface area contributed by atoms with Crippen LogP contribution in [0.25, 0.3) is 10.8 Å². The van der Waals surface area contributed by atoms with Gasteiger partial charge in [-0.2, -0.15) is 8.78 Å². The predicted molar refractivity (Wildman–Crippen MR) is 106 cm³/mol. The number of carbonyl (C=O) groups is 2. The quantitative estimate of drug-likeness (QED) is 0.404. The van der Waals surface area contributed by atoms with Crippen molar-refractivity contribution in [1.29, 1.82) is 0 Å². The lowest BCUT2D eigenvalue weighted by atomic mass is 10.3. The van der Waals surface area contributed by atoms with E-state index in [0.717, 1.165) is 4.88 Å². The molecule has 152 valence electrons. The Balaban J connectivity index is 1.53. The highest BCUT2D eigenvalue weighted by Gasteiger charge is 2.17. The third-order valence-corrected chi connectivity index (χ3v) is 5.32. The molecule has 10 heteroatoms. The van der Waals surface area contributed by atoms with Gasteiger partial charge in [0.25, 0.3) is 11.7 Å². The Bertz CT molecular complexity index is 990. The normalized spacial score (nSPS) is 10.9. The van der Waals surface area contributed by atoms with Crippen molar-refractivity contribution < 1.29 is 27.5 Å². The number of oxazole rings is 1. The molecule has 29 heavy (non-hydrogen) atoms. The van der Waals surface area contributed by atoms with Crippen molar-refractivity contribution >= 4 is 40.7 Å². The molecule has 0 saturated carbocycles. The first-order valence-electron chi connectivity index (χ1n) is 8.42. The minimum absolute atomic E-state index is 0.147. The summed E-state index contributed by atoms with van der Waals surface area (Å²) in [5.41, 5.74) is 0.657. The van der Waals surface area contributed by atoms with Crippen LogP contribution in [0.15, 0.2) is 51.1 Å². The number of nitrogens with zero attached hydrogens (tertiary/aromatic N) is 1. The number of amides is 1. The summed E-state index contributed by atoms with van der Waals surface area (Å²) < 4.78 is 35.7. The van der Waals surface area contributed by atoms with Gasteiger partial charge in [-0.1, -0.05) is 30.0 Å². The molecule has 3 rings (SSSR count). The van der Waals surface area contributed by atoms with E-state index >= 15 is 0 Å². The Morgan fingerprint density at radius 1 is 1.28 bits per heavy atom. The molecule has 3 aromatic rings. The van der Waals surface area contributed by atoms with Crippen LogP contribution in [-0.2, 0) is 20.7 Å². The Kier molecular flexibility index (Phi) is 6.99. The zero-order valence-electron chi connectivity index (χ0n) is 15.2. The number of nitrogens with one attached hydrogen (secondary N) is 1. The van der Waals surface area contributed by atoms with Crippen molar-refractivity contribution in [3.05, 3.63) is 53.2 Å². The first-order valence-corrected chi connectivity index (χ1v) is 10.2. The van der Waals surface area contributed by atoms with Gasteiger partial charge in [0.15, 0.2) is 6.61 Å². The molecule has 1 aromatic carbocycles. The van der Waals surface area contributed by atoms with Gasteiger partial charge in [0, 0.05) is 4.90 Å². The second-order valence-corrected chi connectivity index (χ2v) is 7.74. The molecule has 2 aromatic heterocycles. The van der Waals surface area contributed by atoms with Crippen molar-refractivity contribution in [2.75, 3.05) is 11.9 Å². The molecule has 1 N–H and O–H groups in total. The summed E-state index contributed by atoms with van der Waals surface area (Å²) in [4.78, 5) is 29.4. The van der Waals surface area contributed by atoms with Crippen LogP contribution in [0, 0.1) is 6.92 Å². The van der Waals surface area contributed by atoms with Crippen LogP contribution in [0.4, 0.5) is 14.5 Å². The first-order chi connectivity index (χ1) is 13.9. The number of alkyl halides is 2. The molecule has 0 aliphatic heterocycles. The minimum Gasteiger partial charge on any atom is -0.455 e. The fourth-order valence-electron chi connectivity index (χ4n) is 2.39. The maximum absolute atomic E-state index is 12.6. The number of anilines is 1. The Labute approximate surface area is 173 Å². The number of halogens is 2. The number of hydrogen-bond donors (Lipinski definition) is 1. The van der Waals surface area contributed by atoms with Crippen LogP contribution >= 0.6 is 23.1 Å². The maximum Gasteiger partial charge on any atom is 0.312 e. The number of aryl methyl sites for hydroxylation is 1. The number of benzene rings is 1. The fourth-order valence-corrected chi connectivity index (χ4v) is 3.63. The summed E-state index contributed by atoms with van der Waals surface area (Å²) in [6, 6.07) is 9.88. The number of hydrogen-bond acceptors (Lipinski definition) is 7. The zero-order chi connectivity index (χ0) is 20.8. The second-order valence-electron chi connectivity index (χ2n) is 5.76. The summed E-state index contributed by atoms with van der Waals surface area (Å²) >= 11 is 1.78. The van der Waals surface area contributed by atoms with E-state index in [9.17, 15) is 18.4 Å². The van der Waals surface area contributed by atoms with E-state index in [1.165, 1.54) is 23.5 Å². The number of carbonyl (C=O) groups excluding carboxylic acids is 2. The fraction of sp³-hybridized carbons (Fsp3) is 0.211. The summed E-state index contributed by atoms with van der Waals surface area (Å²) in [6.45, 7) is 1.15. The lowest BCUT2D eigenvalue weighted by Crippen LogP contribution is -2.22. The van der Waals surface area contributed by atoms with Crippen molar-refractivity contribution in [3.8, 4) is 10.8 Å². The third-order valence-electron chi connectivity index (χ3n) is 3.68. The van der Waals surface area contributed by atoms with Crippen molar-refractivity contribution in [3.63, 3.8) is 0 Å². The van der Waals surface area contributed by atoms with Crippen LogP contribution in [-0.4, -0.2) is 29.2 Å². The van der Waals surface area contributed by atoms with E-state index in [1.807, 2.05) is 17.5 Å². The van der Waals surface area contributed by atoms with E-state index in [4.69, 9.17) is 9.15 Å². The van der Waals surface area contributed by atoms with Gasteiger partial charge in [-0.05, 0) is 30.5 Å². The minimum atomic E-state index is -2.62. The van der Waals surface area contributed by atoms with Crippen molar-refractivity contribution in [1.82, 2.24) is 4.98 Å². The van der Waals surface area contributed by atoms with Crippen LogP contribution in [0.1, 0.15) is 11.5 Å². The molecule has 0 atom stereocenters. The van der Waals surface area contributed by atoms with E-state index in [2.05, 4.69) is 10.3 Å². The summed E-state index contributed by atoms with van der Waals surface area (Å²) in [5, 5.41) is 4.35. The summed E-state index contributed by atoms with van der Waals surface area (Å²) in [7, 11) is 0. The van der Waals surface area contributed by atoms with Gasteiger partial charge in [0.2, 0.25) is 5.89 Å². The Hall–Kier alpha value is -2.72. The van der Waals surface area contributed by atoms with Crippen LogP contribution in [0.2, 0.25) is 0 Å². The predicted octanol–water partition coefficient (Wildman–Crippen LogP) is 4.75. The van der Waals surface area contributed by atoms with Gasteiger partial charge < -0.3 is 14.5 Å². The molecule has 0 spiro atoms.